The number of H-pyrrole nitrogens is 1. The summed E-state index contributed by atoms with van der Waals surface area (Å²) in [6.45, 7) is 8.20. The van der Waals surface area contributed by atoms with Gasteiger partial charge in [0.05, 0.1) is 18.9 Å². The molecule has 0 spiro atoms. The predicted octanol–water partition coefficient (Wildman–Crippen LogP) is 2.74. The lowest BCUT2D eigenvalue weighted by molar-refractivity contribution is 0.0682. The third-order valence-electron chi connectivity index (χ3n) is 7.50. The maximum atomic E-state index is 12.6. The number of hydrogen-bond acceptors (Lipinski definition) is 6. The van der Waals surface area contributed by atoms with Crippen molar-refractivity contribution in [3.8, 4) is 0 Å². The van der Waals surface area contributed by atoms with Crippen LogP contribution in [0.3, 0.4) is 0 Å². The van der Waals surface area contributed by atoms with Crippen LogP contribution < -0.4 is 16.0 Å². The fourth-order valence-electron chi connectivity index (χ4n) is 4.93. The topological polar surface area (TPSA) is 141 Å². The van der Waals surface area contributed by atoms with Gasteiger partial charge in [0.2, 0.25) is 0 Å². The number of nitrogens with one attached hydrogen (secondary N) is 5. The molecule has 3 amide bonds. The number of hydrogen-bond donors (Lipinski definition) is 5. The van der Waals surface area contributed by atoms with Crippen LogP contribution >= 0.6 is 0 Å². The van der Waals surface area contributed by atoms with Crippen molar-refractivity contribution in [3.63, 3.8) is 0 Å². The van der Waals surface area contributed by atoms with E-state index < -0.39 is 6.03 Å². The van der Waals surface area contributed by atoms with Crippen LogP contribution in [-0.2, 0) is 4.74 Å². The number of amidine groups is 2. The molecule has 2 aromatic carbocycles. The molecule has 2 fully saturated rings. The van der Waals surface area contributed by atoms with Crippen molar-refractivity contribution in [3.05, 3.63) is 83.7 Å². The fourth-order valence-corrected chi connectivity index (χ4v) is 4.93. The lowest BCUT2D eigenvalue weighted by atomic mass is 10.2. The second-order valence-corrected chi connectivity index (χ2v) is 10.6. The summed E-state index contributed by atoms with van der Waals surface area (Å²) in [5.41, 5.74) is 3.15. The highest BCUT2D eigenvalue weighted by atomic mass is 16.5. The minimum Gasteiger partial charge on any atom is -0.378 e. The number of urea groups is 1. The molecule has 12 heteroatoms. The summed E-state index contributed by atoms with van der Waals surface area (Å²) in [5.74, 6) is 0.690. The number of benzene rings is 2. The number of likely N-dealkylation sites (N-methyl/N-ethyl adjacent to an activating group) is 1. The van der Waals surface area contributed by atoms with Crippen molar-refractivity contribution in [1.82, 2.24) is 25.0 Å². The Morgan fingerprint density at radius 3 is 2.12 bits per heavy atom. The van der Waals surface area contributed by atoms with E-state index in [1.54, 1.807) is 48.5 Å². The third kappa shape index (κ3) is 8.51. The molecule has 3 heterocycles. The molecule has 5 rings (SSSR count). The third-order valence-corrected chi connectivity index (χ3v) is 7.50. The number of anilines is 2. The van der Waals surface area contributed by atoms with Gasteiger partial charge in [0.25, 0.3) is 5.91 Å². The molecule has 2 saturated heterocycles. The fraction of sp³-hybridized carbons (Fsp3) is 0.355. The second-order valence-electron chi connectivity index (χ2n) is 10.6. The molecule has 43 heavy (non-hydrogen) atoms. The molecular formula is C31H39N9O3. The number of morpholine rings is 1. The molecule has 12 nitrogen and oxygen atoms in total. The van der Waals surface area contributed by atoms with Crippen molar-refractivity contribution >= 4 is 35.0 Å². The number of piperazine rings is 1. The Bertz CT molecular complexity index is 1390. The molecule has 226 valence electrons. The van der Waals surface area contributed by atoms with E-state index in [1.165, 1.54) is 0 Å². The Balaban J connectivity index is 1.10. The summed E-state index contributed by atoms with van der Waals surface area (Å²) < 4.78 is 5.47. The first-order valence-corrected chi connectivity index (χ1v) is 14.6. The van der Waals surface area contributed by atoms with Crippen molar-refractivity contribution < 1.29 is 14.3 Å². The van der Waals surface area contributed by atoms with Crippen LogP contribution in [0.1, 0.15) is 21.6 Å². The summed E-state index contributed by atoms with van der Waals surface area (Å²) >= 11 is 0. The van der Waals surface area contributed by atoms with Crippen LogP contribution in [0.15, 0.2) is 71.9 Å². The van der Waals surface area contributed by atoms with Gasteiger partial charge in [-0.3, -0.25) is 15.1 Å². The van der Waals surface area contributed by atoms with Gasteiger partial charge in [-0.2, -0.15) is 0 Å². The lowest BCUT2D eigenvalue weighted by Crippen LogP contribution is -2.46. The minimum atomic E-state index is -0.411. The lowest BCUT2D eigenvalue weighted by Gasteiger charge is -2.32. The highest BCUT2D eigenvalue weighted by Crippen LogP contribution is 2.15. The number of aromatic amines is 1. The quantitative estimate of drug-likeness (QED) is 0.203. The van der Waals surface area contributed by atoms with Crippen molar-refractivity contribution in [2.45, 2.75) is 0 Å². The normalized spacial score (nSPS) is 16.5. The van der Waals surface area contributed by atoms with Crippen LogP contribution in [0.5, 0.6) is 0 Å². The monoisotopic (exact) mass is 585 g/mol. The van der Waals surface area contributed by atoms with E-state index in [0.29, 0.717) is 61.2 Å². The molecule has 2 aliphatic heterocycles. The summed E-state index contributed by atoms with van der Waals surface area (Å²) in [7, 11) is 2.12. The number of aromatic nitrogens is 1. The Morgan fingerprint density at radius 2 is 1.51 bits per heavy atom. The maximum Gasteiger partial charge on any atom is 0.323 e. The number of nitrogens with zero attached hydrogens (tertiary/aromatic N) is 4. The molecule has 2 aliphatic rings. The van der Waals surface area contributed by atoms with E-state index in [-0.39, 0.29) is 11.7 Å². The highest BCUT2D eigenvalue weighted by Gasteiger charge is 2.19. The van der Waals surface area contributed by atoms with Gasteiger partial charge in [-0.15, -0.1) is 0 Å². The maximum absolute atomic E-state index is 12.6. The van der Waals surface area contributed by atoms with Gasteiger partial charge in [0.15, 0.2) is 11.7 Å². The molecule has 0 radical (unpaired) electrons. The van der Waals surface area contributed by atoms with Gasteiger partial charge < -0.3 is 35.5 Å². The highest BCUT2D eigenvalue weighted by molar-refractivity contribution is 6.10. The number of rotatable bonds is 8. The van der Waals surface area contributed by atoms with Crippen LogP contribution in [0.25, 0.3) is 0 Å². The molecule has 3 aromatic rings. The summed E-state index contributed by atoms with van der Waals surface area (Å²) in [6.07, 6.45) is 1.84. The summed E-state index contributed by atoms with van der Waals surface area (Å²) in [5, 5.41) is 17.1. The molecule has 0 bridgehead atoms. The van der Waals surface area contributed by atoms with Gasteiger partial charge in [-0.05, 0) is 67.7 Å². The molecular weight excluding hydrogens is 546 g/mol. The number of carbonyl (C=O) groups is 2. The zero-order chi connectivity index (χ0) is 30.0. The van der Waals surface area contributed by atoms with Crippen LogP contribution in [0.2, 0.25) is 0 Å². The average Bonchev–Trinajstić information content (AvgIpc) is 3.57. The molecule has 0 atom stereocenters. The largest absolute Gasteiger partial charge is 0.378 e. The smallest absolute Gasteiger partial charge is 0.323 e. The van der Waals surface area contributed by atoms with Crippen molar-refractivity contribution in [2.75, 3.05) is 83.3 Å². The van der Waals surface area contributed by atoms with E-state index in [4.69, 9.17) is 10.1 Å². The number of amides is 3. The Labute approximate surface area is 251 Å². The van der Waals surface area contributed by atoms with Gasteiger partial charge in [-0.1, -0.05) is 0 Å². The number of ether oxygens (including phenoxy) is 1. The predicted molar refractivity (Wildman–Crippen MR) is 168 cm³/mol. The van der Waals surface area contributed by atoms with Crippen LogP contribution in [0, 0.1) is 5.41 Å². The Morgan fingerprint density at radius 1 is 0.884 bits per heavy atom. The van der Waals surface area contributed by atoms with E-state index in [9.17, 15) is 9.59 Å². The first-order valence-electron chi connectivity index (χ1n) is 14.6. The van der Waals surface area contributed by atoms with Crippen LogP contribution in [0.4, 0.5) is 16.2 Å². The first kappa shape index (κ1) is 30.0. The first-order chi connectivity index (χ1) is 20.9. The van der Waals surface area contributed by atoms with Gasteiger partial charge in [0.1, 0.15) is 0 Å². The average molecular weight is 586 g/mol. The molecule has 5 N–H and O–H groups in total. The van der Waals surface area contributed by atoms with Gasteiger partial charge >= 0.3 is 6.03 Å². The SMILES string of the molecule is CN1CCN(CCNC(=O)c2ccc(NC(=O)Nc3ccc(C(=N)N=C(c4ccc[nH]4)N4CCOCC4)cc3)cc2)CC1. The molecule has 0 unspecified atom stereocenters. The minimum absolute atomic E-state index is 0.121. The summed E-state index contributed by atoms with van der Waals surface area (Å²) in [4.78, 5) is 39.7. The molecule has 1 aromatic heterocycles. The van der Waals surface area contributed by atoms with Crippen molar-refractivity contribution in [2.24, 2.45) is 4.99 Å². The van der Waals surface area contributed by atoms with E-state index >= 15 is 0 Å². The molecule has 0 saturated carbocycles. The molecule has 0 aliphatic carbocycles. The van der Waals surface area contributed by atoms with Gasteiger partial charge in [0, 0.05) is 81.1 Å². The second kappa shape index (κ2) is 14.6. The zero-order valence-electron chi connectivity index (χ0n) is 24.4. The van der Waals surface area contributed by atoms with E-state index in [1.807, 2.05) is 18.3 Å². The van der Waals surface area contributed by atoms with Crippen LogP contribution in [-0.4, -0.2) is 116 Å². The Kier molecular flexibility index (Phi) is 10.2. The van der Waals surface area contributed by atoms with E-state index in [0.717, 1.165) is 38.4 Å². The number of carbonyl (C=O) groups excluding carboxylic acids is 2. The number of aliphatic imine (C=N–C) groups is 1. The standard InChI is InChI=1S/C31H39N9O3/c1-38-15-17-39(18-16-38)14-13-34-30(41)24-6-10-26(11-7-24)36-31(42)35-25-8-4-23(5-9-25)28(32)37-29(27-3-2-12-33-27)40-19-21-43-22-20-40/h2-12,32-33H,13-22H2,1H3,(H,34,41)(H2,35,36,42). The Hall–Kier alpha value is -4.52. The van der Waals surface area contributed by atoms with E-state index in [2.05, 4.69) is 47.7 Å². The van der Waals surface area contributed by atoms with Crippen molar-refractivity contribution in [1.29, 1.82) is 5.41 Å². The van der Waals surface area contributed by atoms with Gasteiger partial charge in [-0.25, -0.2) is 9.79 Å². The zero-order valence-corrected chi connectivity index (χ0v) is 24.4. The summed E-state index contributed by atoms with van der Waals surface area (Å²) in [6, 6.07) is 17.2.